The number of nitrogens with two attached hydrogens (primary N) is 1. The molecule has 0 aliphatic heterocycles. The molecule has 19 heavy (non-hydrogen) atoms. The molecule has 2 aromatic rings. The average molecular weight is 331 g/mol. The molecule has 0 aliphatic rings. The molecule has 2 nitrogen and oxygen atoms in total. The van der Waals surface area contributed by atoms with Crippen LogP contribution in [0.5, 0.6) is 0 Å². The Kier molecular flexibility index (Phi) is 3.71. The van der Waals surface area contributed by atoms with Crippen LogP contribution in [0.4, 0.5) is 30.2 Å². The number of nitrogens with one attached hydrogen (secondary N) is 1. The van der Waals surface area contributed by atoms with Gasteiger partial charge in [0.2, 0.25) is 0 Å². The third kappa shape index (κ3) is 3.41. The minimum Gasteiger partial charge on any atom is -0.399 e. The first-order valence-corrected chi connectivity index (χ1v) is 6.15. The fourth-order valence-electron chi connectivity index (χ4n) is 1.52. The first-order valence-electron chi connectivity index (χ1n) is 5.35. The van der Waals surface area contributed by atoms with Crippen LogP contribution in [0, 0.1) is 0 Å². The van der Waals surface area contributed by atoms with Crippen molar-refractivity contribution < 1.29 is 13.2 Å². The van der Waals surface area contributed by atoms with Crippen LogP contribution in [0.3, 0.4) is 0 Å². The topological polar surface area (TPSA) is 38.0 Å². The van der Waals surface area contributed by atoms with Gasteiger partial charge in [-0.1, -0.05) is 0 Å². The van der Waals surface area contributed by atoms with E-state index in [1.165, 1.54) is 6.07 Å². The van der Waals surface area contributed by atoms with Gasteiger partial charge < -0.3 is 11.1 Å². The van der Waals surface area contributed by atoms with Gasteiger partial charge in [0.1, 0.15) is 0 Å². The van der Waals surface area contributed by atoms with Gasteiger partial charge in [0.15, 0.2) is 0 Å². The quantitative estimate of drug-likeness (QED) is 0.776. The third-order valence-electron chi connectivity index (χ3n) is 2.48. The molecule has 2 aromatic carbocycles. The van der Waals surface area contributed by atoms with E-state index in [-0.39, 0.29) is 0 Å². The van der Waals surface area contributed by atoms with Gasteiger partial charge in [-0.25, -0.2) is 0 Å². The van der Waals surface area contributed by atoms with E-state index in [0.717, 1.165) is 12.1 Å². The highest BCUT2D eigenvalue weighted by atomic mass is 79.9. The van der Waals surface area contributed by atoms with Crippen LogP contribution in [-0.2, 0) is 6.18 Å². The Labute approximate surface area is 116 Å². The monoisotopic (exact) mass is 330 g/mol. The summed E-state index contributed by atoms with van der Waals surface area (Å²) in [5.74, 6) is 0. The number of nitrogen functional groups attached to an aromatic ring is 1. The van der Waals surface area contributed by atoms with Gasteiger partial charge in [-0.15, -0.1) is 0 Å². The Balaban J connectivity index is 2.31. The van der Waals surface area contributed by atoms with Crippen molar-refractivity contribution in [3.63, 3.8) is 0 Å². The van der Waals surface area contributed by atoms with Crippen LogP contribution < -0.4 is 11.1 Å². The van der Waals surface area contributed by atoms with Crippen molar-refractivity contribution in [2.24, 2.45) is 0 Å². The van der Waals surface area contributed by atoms with Crippen molar-refractivity contribution in [3.05, 3.63) is 52.5 Å². The molecule has 2 rings (SSSR count). The van der Waals surface area contributed by atoms with Crippen molar-refractivity contribution in [2.45, 2.75) is 6.18 Å². The fraction of sp³-hybridized carbons (Fsp3) is 0.0769. The van der Waals surface area contributed by atoms with Crippen molar-refractivity contribution in [1.82, 2.24) is 0 Å². The summed E-state index contributed by atoms with van der Waals surface area (Å²) in [7, 11) is 0. The molecule has 0 spiro atoms. The smallest absolute Gasteiger partial charge is 0.399 e. The molecule has 3 N–H and O–H groups in total. The van der Waals surface area contributed by atoms with E-state index >= 15 is 0 Å². The maximum absolute atomic E-state index is 12.6. The second-order valence-electron chi connectivity index (χ2n) is 3.94. The second-order valence-corrected chi connectivity index (χ2v) is 4.79. The normalized spacial score (nSPS) is 11.4. The van der Waals surface area contributed by atoms with Crippen LogP contribution in [0.25, 0.3) is 0 Å². The molecule has 0 radical (unpaired) electrons. The standard InChI is InChI=1S/C13H10BrF3N2/c14-11-6-1-8(13(15,16)17)7-12(11)19-10-4-2-9(18)3-5-10/h1-7,19H,18H2. The predicted molar refractivity (Wildman–Crippen MR) is 73.3 cm³/mol. The zero-order chi connectivity index (χ0) is 14.0. The number of alkyl halides is 3. The summed E-state index contributed by atoms with van der Waals surface area (Å²) in [4.78, 5) is 0. The molecule has 0 fully saturated rings. The van der Waals surface area contributed by atoms with Crippen molar-refractivity contribution in [2.75, 3.05) is 11.1 Å². The Bertz CT molecular complexity index is 579. The largest absolute Gasteiger partial charge is 0.416 e. The Morgan fingerprint density at radius 2 is 1.63 bits per heavy atom. The summed E-state index contributed by atoms with van der Waals surface area (Å²) in [5.41, 5.74) is 6.44. The van der Waals surface area contributed by atoms with E-state index in [9.17, 15) is 13.2 Å². The van der Waals surface area contributed by atoms with Gasteiger partial charge in [0.05, 0.1) is 11.3 Å². The Hall–Kier alpha value is -1.69. The number of halogens is 4. The molecule has 0 aromatic heterocycles. The van der Waals surface area contributed by atoms with Crippen LogP contribution in [0.1, 0.15) is 5.56 Å². The zero-order valence-electron chi connectivity index (χ0n) is 9.63. The molecule has 0 bridgehead atoms. The molecule has 0 atom stereocenters. The summed E-state index contributed by atoms with van der Waals surface area (Å²) in [6, 6.07) is 10.2. The number of anilines is 3. The molecule has 6 heteroatoms. The summed E-state index contributed by atoms with van der Waals surface area (Å²) >= 11 is 3.21. The molecular formula is C13H10BrF3N2. The van der Waals surface area contributed by atoms with Gasteiger partial charge in [-0.3, -0.25) is 0 Å². The fourth-order valence-corrected chi connectivity index (χ4v) is 1.87. The Morgan fingerprint density at radius 3 is 2.21 bits per heavy atom. The van der Waals surface area contributed by atoms with E-state index in [1.54, 1.807) is 24.3 Å². The molecule has 0 heterocycles. The molecule has 0 saturated heterocycles. The number of benzene rings is 2. The predicted octanol–water partition coefficient (Wildman–Crippen LogP) is 4.79. The van der Waals surface area contributed by atoms with E-state index < -0.39 is 11.7 Å². The van der Waals surface area contributed by atoms with Gasteiger partial charge in [-0.2, -0.15) is 13.2 Å². The van der Waals surface area contributed by atoms with Gasteiger partial charge in [0.25, 0.3) is 0 Å². The third-order valence-corrected chi connectivity index (χ3v) is 3.17. The van der Waals surface area contributed by atoms with Gasteiger partial charge in [0, 0.05) is 15.8 Å². The van der Waals surface area contributed by atoms with E-state index in [0.29, 0.717) is 21.5 Å². The first-order chi connectivity index (χ1) is 8.86. The number of hydrogen-bond acceptors (Lipinski definition) is 2. The average Bonchev–Trinajstić information content (AvgIpc) is 2.33. The van der Waals surface area contributed by atoms with E-state index in [2.05, 4.69) is 21.2 Å². The highest BCUT2D eigenvalue weighted by molar-refractivity contribution is 9.10. The molecule has 0 amide bonds. The van der Waals surface area contributed by atoms with Crippen LogP contribution >= 0.6 is 15.9 Å². The van der Waals surface area contributed by atoms with Crippen molar-refractivity contribution >= 4 is 33.0 Å². The molecular weight excluding hydrogens is 321 g/mol. The minimum absolute atomic E-state index is 0.347. The van der Waals surface area contributed by atoms with Gasteiger partial charge in [-0.05, 0) is 58.4 Å². The maximum Gasteiger partial charge on any atom is 0.416 e. The SMILES string of the molecule is Nc1ccc(Nc2cc(C(F)(F)F)ccc2Br)cc1. The summed E-state index contributed by atoms with van der Waals surface area (Å²) in [6.45, 7) is 0. The van der Waals surface area contributed by atoms with Crippen molar-refractivity contribution in [1.29, 1.82) is 0 Å². The lowest BCUT2D eigenvalue weighted by Gasteiger charge is -2.12. The maximum atomic E-state index is 12.6. The highest BCUT2D eigenvalue weighted by Crippen LogP contribution is 2.35. The summed E-state index contributed by atoms with van der Waals surface area (Å²) in [5, 5.41) is 2.91. The lowest BCUT2D eigenvalue weighted by atomic mass is 10.2. The number of rotatable bonds is 2. The van der Waals surface area contributed by atoms with E-state index in [4.69, 9.17) is 5.73 Å². The molecule has 0 aliphatic carbocycles. The second kappa shape index (κ2) is 5.13. The highest BCUT2D eigenvalue weighted by Gasteiger charge is 2.30. The Morgan fingerprint density at radius 1 is 1.00 bits per heavy atom. The zero-order valence-corrected chi connectivity index (χ0v) is 11.2. The van der Waals surface area contributed by atoms with Gasteiger partial charge >= 0.3 is 6.18 Å². The number of hydrogen-bond donors (Lipinski definition) is 2. The molecule has 100 valence electrons. The summed E-state index contributed by atoms with van der Waals surface area (Å²) in [6.07, 6.45) is -4.36. The van der Waals surface area contributed by atoms with Crippen LogP contribution in [0.2, 0.25) is 0 Å². The van der Waals surface area contributed by atoms with Crippen molar-refractivity contribution in [3.8, 4) is 0 Å². The lowest BCUT2D eigenvalue weighted by Crippen LogP contribution is -2.05. The van der Waals surface area contributed by atoms with Crippen LogP contribution in [0.15, 0.2) is 46.9 Å². The molecule has 0 unspecified atom stereocenters. The molecule has 0 saturated carbocycles. The van der Waals surface area contributed by atoms with Crippen LogP contribution in [-0.4, -0.2) is 0 Å². The van der Waals surface area contributed by atoms with E-state index in [1.807, 2.05) is 0 Å². The minimum atomic E-state index is -4.36. The lowest BCUT2D eigenvalue weighted by molar-refractivity contribution is -0.137. The summed E-state index contributed by atoms with van der Waals surface area (Å²) < 4.78 is 38.4. The first kappa shape index (κ1) is 13.7.